The van der Waals surface area contributed by atoms with Crippen LogP contribution >= 0.6 is 11.3 Å². The van der Waals surface area contributed by atoms with Crippen LogP contribution in [-0.2, 0) is 9.59 Å². The summed E-state index contributed by atoms with van der Waals surface area (Å²) in [6.07, 6.45) is 0.877. The predicted octanol–water partition coefficient (Wildman–Crippen LogP) is 0.356. The number of rotatable bonds is 3. The zero-order valence-corrected chi connectivity index (χ0v) is 6.72. The van der Waals surface area contributed by atoms with Crippen molar-refractivity contribution in [1.29, 1.82) is 0 Å². The van der Waals surface area contributed by atoms with Crippen LogP contribution in [0.15, 0.2) is 6.20 Å². The third kappa shape index (κ3) is 2.67. The fourth-order valence-corrected chi connectivity index (χ4v) is 1.04. The van der Waals surface area contributed by atoms with E-state index in [0.717, 1.165) is 11.3 Å². The highest BCUT2D eigenvalue weighted by Gasteiger charge is 2.07. The van der Waals surface area contributed by atoms with Gasteiger partial charge in [0.15, 0.2) is 5.51 Å². The van der Waals surface area contributed by atoms with Crippen molar-refractivity contribution in [3.05, 3.63) is 11.7 Å². The maximum atomic E-state index is 10.8. The first-order valence-corrected chi connectivity index (χ1v) is 3.83. The lowest BCUT2D eigenvalue weighted by Gasteiger charge is -1.96. The summed E-state index contributed by atoms with van der Waals surface area (Å²) in [7, 11) is 0. The van der Waals surface area contributed by atoms with E-state index >= 15 is 0 Å². The molecular weight excluding hydrogens is 180 g/mol. The molecule has 1 rings (SSSR count). The van der Waals surface area contributed by atoms with Crippen LogP contribution in [0.4, 0.5) is 5.00 Å². The van der Waals surface area contributed by atoms with Crippen LogP contribution in [0.1, 0.15) is 6.42 Å². The minimum atomic E-state index is -1.15. The van der Waals surface area contributed by atoms with Gasteiger partial charge in [-0.15, -0.1) is 0 Å². The quantitative estimate of drug-likeness (QED) is 0.666. The van der Waals surface area contributed by atoms with Gasteiger partial charge in [-0.25, -0.2) is 4.98 Å². The summed E-state index contributed by atoms with van der Waals surface area (Å²) in [6, 6.07) is 0. The molecule has 2 N–H and O–H groups in total. The summed E-state index contributed by atoms with van der Waals surface area (Å²) in [5, 5.41) is 11.1. The Morgan fingerprint density at radius 1 is 1.75 bits per heavy atom. The van der Waals surface area contributed by atoms with Gasteiger partial charge in [0, 0.05) is 0 Å². The highest BCUT2D eigenvalue weighted by atomic mass is 32.1. The van der Waals surface area contributed by atoms with Crippen molar-refractivity contribution in [2.24, 2.45) is 0 Å². The summed E-state index contributed by atoms with van der Waals surface area (Å²) in [5.74, 6) is -1.71. The molecule has 0 atom stereocenters. The number of carboxylic acid groups (broad SMARTS) is 1. The van der Waals surface area contributed by atoms with Gasteiger partial charge < -0.3 is 10.4 Å². The van der Waals surface area contributed by atoms with Crippen LogP contribution < -0.4 is 5.32 Å². The molecule has 0 bridgehead atoms. The van der Waals surface area contributed by atoms with E-state index in [4.69, 9.17) is 5.11 Å². The molecule has 0 unspecified atom stereocenters. The third-order valence-corrected chi connectivity index (χ3v) is 1.59. The Morgan fingerprint density at radius 3 is 3.00 bits per heavy atom. The average molecular weight is 185 g/mol. The SMILES string of the molecule is O=C(O)CC(=O)Nc1cn[c]s1. The van der Waals surface area contributed by atoms with Crippen molar-refractivity contribution in [3.8, 4) is 0 Å². The van der Waals surface area contributed by atoms with Gasteiger partial charge >= 0.3 is 5.97 Å². The normalized spacial score (nSPS) is 9.33. The number of aromatic nitrogens is 1. The van der Waals surface area contributed by atoms with Crippen molar-refractivity contribution in [2.45, 2.75) is 6.42 Å². The molecule has 0 saturated carbocycles. The molecule has 1 radical (unpaired) electrons. The van der Waals surface area contributed by atoms with Gasteiger partial charge in [0.05, 0.1) is 6.20 Å². The zero-order chi connectivity index (χ0) is 8.97. The molecule has 1 amide bonds. The molecular formula is C6H5N2O3S. The molecule has 6 heteroatoms. The first kappa shape index (κ1) is 8.66. The van der Waals surface area contributed by atoms with Gasteiger partial charge in [0.1, 0.15) is 11.4 Å². The first-order valence-electron chi connectivity index (χ1n) is 3.02. The maximum absolute atomic E-state index is 10.8. The minimum Gasteiger partial charge on any atom is -0.481 e. The molecule has 1 aromatic heterocycles. The molecule has 0 aliphatic carbocycles. The lowest BCUT2D eigenvalue weighted by Crippen LogP contribution is -2.14. The number of hydrogen-bond donors (Lipinski definition) is 2. The second kappa shape index (κ2) is 3.82. The molecule has 0 aliphatic rings. The van der Waals surface area contributed by atoms with Crippen molar-refractivity contribution in [2.75, 3.05) is 5.32 Å². The maximum Gasteiger partial charge on any atom is 0.312 e. The van der Waals surface area contributed by atoms with E-state index in [0.29, 0.717) is 5.00 Å². The number of aliphatic carboxylic acids is 1. The van der Waals surface area contributed by atoms with E-state index < -0.39 is 18.3 Å². The molecule has 0 fully saturated rings. The molecule has 12 heavy (non-hydrogen) atoms. The van der Waals surface area contributed by atoms with Gasteiger partial charge in [0.2, 0.25) is 5.91 Å². The van der Waals surface area contributed by atoms with Crippen molar-refractivity contribution in [3.63, 3.8) is 0 Å². The van der Waals surface area contributed by atoms with Gasteiger partial charge in [-0.05, 0) is 0 Å². The van der Waals surface area contributed by atoms with E-state index in [1.807, 2.05) is 0 Å². The summed E-state index contributed by atoms with van der Waals surface area (Å²) >= 11 is 1.12. The minimum absolute atomic E-state index is 0.501. The average Bonchev–Trinajstić information content (AvgIpc) is 2.37. The van der Waals surface area contributed by atoms with Crippen molar-refractivity contribution < 1.29 is 14.7 Å². The molecule has 0 aliphatic heterocycles. The number of anilines is 1. The summed E-state index contributed by atoms with van der Waals surface area (Å²) < 4.78 is 0. The van der Waals surface area contributed by atoms with Crippen molar-refractivity contribution in [1.82, 2.24) is 4.98 Å². The van der Waals surface area contributed by atoms with Crippen molar-refractivity contribution >= 4 is 28.2 Å². The Labute approximate surface area is 72.1 Å². The summed E-state index contributed by atoms with van der Waals surface area (Å²) in [6.45, 7) is 0. The Kier molecular flexibility index (Phi) is 2.76. The zero-order valence-electron chi connectivity index (χ0n) is 5.90. The molecule has 63 valence electrons. The smallest absolute Gasteiger partial charge is 0.312 e. The van der Waals surface area contributed by atoms with Crippen LogP contribution in [0.2, 0.25) is 0 Å². The first-order chi connectivity index (χ1) is 5.68. The van der Waals surface area contributed by atoms with Crippen LogP contribution in [0, 0.1) is 5.51 Å². The number of nitrogens with zero attached hydrogens (tertiary/aromatic N) is 1. The predicted molar refractivity (Wildman–Crippen MR) is 41.8 cm³/mol. The Bertz CT molecular complexity index is 283. The molecule has 1 heterocycles. The van der Waals surface area contributed by atoms with Gasteiger partial charge in [-0.1, -0.05) is 11.3 Å². The lowest BCUT2D eigenvalue weighted by molar-refractivity contribution is -0.139. The van der Waals surface area contributed by atoms with E-state index in [-0.39, 0.29) is 0 Å². The fourth-order valence-electron chi connectivity index (χ4n) is 0.564. The van der Waals surface area contributed by atoms with E-state index in [1.54, 1.807) is 0 Å². The Balaban J connectivity index is 2.42. The molecule has 0 spiro atoms. The van der Waals surface area contributed by atoms with Gasteiger partial charge in [0.25, 0.3) is 0 Å². The number of carboxylic acids is 1. The largest absolute Gasteiger partial charge is 0.481 e. The summed E-state index contributed by atoms with van der Waals surface area (Å²) in [4.78, 5) is 24.4. The van der Waals surface area contributed by atoms with E-state index in [1.165, 1.54) is 6.20 Å². The monoisotopic (exact) mass is 185 g/mol. The Morgan fingerprint density at radius 2 is 2.50 bits per heavy atom. The van der Waals surface area contributed by atoms with E-state index in [9.17, 15) is 9.59 Å². The van der Waals surface area contributed by atoms with Crippen LogP contribution in [0.25, 0.3) is 0 Å². The van der Waals surface area contributed by atoms with E-state index in [2.05, 4.69) is 15.8 Å². The van der Waals surface area contributed by atoms with Crippen LogP contribution in [0.3, 0.4) is 0 Å². The van der Waals surface area contributed by atoms with Crippen LogP contribution in [0.5, 0.6) is 0 Å². The third-order valence-electron chi connectivity index (χ3n) is 0.965. The number of thiazole rings is 1. The second-order valence-corrected chi connectivity index (χ2v) is 2.76. The van der Waals surface area contributed by atoms with Gasteiger partial charge in [-0.2, -0.15) is 0 Å². The molecule has 0 aromatic carbocycles. The molecule has 5 nitrogen and oxygen atoms in total. The fraction of sp³-hybridized carbons (Fsp3) is 0.167. The Hall–Kier alpha value is -1.43. The van der Waals surface area contributed by atoms with Gasteiger partial charge in [-0.3, -0.25) is 9.59 Å². The highest BCUT2D eigenvalue weighted by Crippen LogP contribution is 2.11. The van der Waals surface area contributed by atoms with Crippen LogP contribution in [-0.4, -0.2) is 22.0 Å². The molecule has 1 aromatic rings. The highest BCUT2D eigenvalue weighted by molar-refractivity contribution is 7.13. The second-order valence-electron chi connectivity index (χ2n) is 1.93. The number of amides is 1. The number of carbonyl (C=O) groups is 2. The number of nitrogens with one attached hydrogen (secondary N) is 1. The molecule has 0 saturated heterocycles. The summed E-state index contributed by atoms with van der Waals surface area (Å²) in [5.41, 5.74) is 2.52. The number of hydrogen-bond acceptors (Lipinski definition) is 4. The number of carbonyl (C=O) groups excluding carboxylic acids is 1. The topological polar surface area (TPSA) is 79.3 Å². The lowest BCUT2D eigenvalue weighted by atomic mass is 10.4. The standard InChI is InChI=1S/C6H5N2O3S/c9-4(1-6(10)11)8-5-2-7-3-12-5/h2H,1H2,(H,8,9)(H,10,11).